The number of hydrogen-bond donors (Lipinski definition) is 2. The molecule has 0 heterocycles. The topological polar surface area (TPSA) is 50.4 Å². The largest absolute Gasteiger partial charge is 0.494 e. The summed E-state index contributed by atoms with van der Waals surface area (Å²) in [6.45, 7) is 0.709. The summed E-state index contributed by atoms with van der Waals surface area (Å²) in [5.41, 5.74) is 1.97. The van der Waals surface area contributed by atoms with Crippen molar-refractivity contribution in [2.45, 2.75) is 6.54 Å². The molecule has 2 aromatic rings. The minimum atomic E-state index is -0.561. The number of benzene rings is 2. The first-order valence-electron chi connectivity index (χ1n) is 6.52. The maximum absolute atomic E-state index is 13.6. The fourth-order valence-electron chi connectivity index (χ4n) is 1.97. The van der Waals surface area contributed by atoms with Gasteiger partial charge in [0.05, 0.1) is 7.11 Å². The predicted molar refractivity (Wildman–Crippen MR) is 80.1 cm³/mol. The molecule has 0 aliphatic rings. The van der Waals surface area contributed by atoms with Crippen molar-refractivity contribution < 1.29 is 13.9 Å². The van der Waals surface area contributed by atoms with Gasteiger partial charge >= 0.3 is 0 Å². The zero-order valence-electron chi connectivity index (χ0n) is 11.9. The fraction of sp³-hybridized carbons (Fsp3) is 0.188. The van der Waals surface area contributed by atoms with Gasteiger partial charge in [-0.3, -0.25) is 4.79 Å². The summed E-state index contributed by atoms with van der Waals surface area (Å²) < 4.78 is 18.4. The number of methoxy groups -OCH3 is 1. The molecule has 0 aromatic heterocycles. The van der Waals surface area contributed by atoms with Crippen LogP contribution in [0.4, 0.5) is 10.1 Å². The zero-order valence-corrected chi connectivity index (χ0v) is 11.9. The molecule has 0 atom stereocenters. The lowest BCUT2D eigenvalue weighted by molar-refractivity contribution is 0.102. The van der Waals surface area contributed by atoms with E-state index in [1.54, 1.807) is 6.07 Å². The fourth-order valence-corrected chi connectivity index (χ4v) is 1.97. The Morgan fingerprint density at radius 1 is 1.24 bits per heavy atom. The lowest BCUT2D eigenvalue weighted by Gasteiger charge is -2.08. The summed E-state index contributed by atoms with van der Waals surface area (Å²) in [6.07, 6.45) is 0. The third-order valence-electron chi connectivity index (χ3n) is 2.98. The Labute approximate surface area is 122 Å². The lowest BCUT2D eigenvalue weighted by atomic mass is 10.1. The number of amides is 1. The molecule has 2 rings (SSSR count). The first-order chi connectivity index (χ1) is 10.1. The minimum Gasteiger partial charge on any atom is -0.494 e. The molecule has 0 bridgehead atoms. The van der Waals surface area contributed by atoms with Gasteiger partial charge in [0, 0.05) is 17.8 Å². The number of carbonyl (C=O) groups is 1. The molecule has 2 N–H and O–H groups in total. The Morgan fingerprint density at radius 3 is 2.71 bits per heavy atom. The third-order valence-corrected chi connectivity index (χ3v) is 2.98. The van der Waals surface area contributed by atoms with E-state index < -0.39 is 5.82 Å². The van der Waals surface area contributed by atoms with Gasteiger partial charge in [-0.15, -0.1) is 0 Å². The van der Waals surface area contributed by atoms with Crippen LogP contribution in [0.2, 0.25) is 0 Å². The number of rotatable bonds is 5. The Balaban J connectivity index is 2.14. The molecular formula is C16H17FN2O2. The van der Waals surface area contributed by atoms with Crippen molar-refractivity contribution >= 4 is 11.6 Å². The minimum absolute atomic E-state index is 0.113. The number of ether oxygens (including phenoxy) is 1. The molecular weight excluding hydrogens is 271 g/mol. The Morgan fingerprint density at radius 2 is 2.05 bits per heavy atom. The van der Waals surface area contributed by atoms with E-state index in [1.807, 2.05) is 25.2 Å². The molecule has 0 aliphatic carbocycles. The second kappa shape index (κ2) is 6.85. The molecule has 0 radical (unpaired) electrons. The van der Waals surface area contributed by atoms with Crippen LogP contribution in [0.25, 0.3) is 0 Å². The second-order valence-corrected chi connectivity index (χ2v) is 4.53. The summed E-state index contributed by atoms with van der Waals surface area (Å²) in [4.78, 5) is 12.1. The quantitative estimate of drug-likeness (QED) is 0.889. The molecule has 5 heteroatoms. The van der Waals surface area contributed by atoms with Gasteiger partial charge in [0.1, 0.15) is 0 Å². The van der Waals surface area contributed by atoms with Crippen LogP contribution in [-0.2, 0) is 6.54 Å². The van der Waals surface area contributed by atoms with Crippen molar-refractivity contribution in [3.8, 4) is 5.75 Å². The molecule has 0 aliphatic heterocycles. The van der Waals surface area contributed by atoms with Crippen LogP contribution in [0.5, 0.6) is 5.75 Å². The summed E-state index contributed by atoms with van der Waals surface area (Å²) in [6, 6.07) is 11.6. The number of nitrogens with one attached hydrogen (secondary N) is 2. The van der Waals surface area contributed by atoms with E-state index in [2.05, 4.69) is 10.6 Å². The number of halogens is 1. The van der Waals surface area contributed by atoms with Crippen molar-refractivity contribution in [3.63, 3.8) is 0 Å². The van der Waals surface area contributed by atoms with Crippen molar-refractivity contribution in [1.82, 2.24) is 5.32 Å². The lowest BCUT2D eigenvalue weighted by Crippen LogP contribution is -2.13. The average molecular weight is 288 g/mol. The Bertz CT molecular complexity index is 644. The normalized spacial score (nSPS) is 10.2. The average Bonchev–Trinajstić information content (AvgIpc) is 2.48. The van der Waals surface area contributed by atoms with Gasteiger partial charge in [-0.05, 0) is 42.9 Å². The highest BCUT2D eigenvalue weighted by Crippen LogP contribution is 2.19. The van der Waals surface area contributed by atoms with Crippen LogP contribution in [0, 0.1) is 5.82 Å². The maximum Gasteiger partial charge on any atom is 0.255 e. The van der Waals surface area contributed by atoms with Crippen LogP contribution in [-0.4, -0.2) is 20.1 Å². The standard InChI is InChI=1S/C16H17FN2O2/c1-18-10-11-4-3-5-13(8-11)19-16(20)12-6-7-15(21-2)14(17)9-12/h3-9,18H,10H2,1-2H3,(H,19,20). The SMILES string of the molecule is CNCc1cccc(NC(=O)c2ccc(OC)c(F)c2)c1. The molecule has 110 valence electrons. The van der Waals surface area contributed by atoms with Crippen LogP contribution in [0.15, 0.2) is 42.5 Å². The molecule has 0 saturated heterocycles. The second-order valence-electron chi connectivity index (χ2n) is 4.53. The molecule has 2 aromatic carbocycles. The summed E-state index contributed by atoms with van der Waals surface area (Å²) >= 11 is 0. The van der Waals surface area contributed by atoms with Gasteiger partial charge in [-0.2, -0.15) is 0 Å². The highest BCUT2D eigenvalue weighted by atomic mass is 19.1. The van der Waals surface area contributed by atoms with Gasteiger partial charge < -0.3 is 15.4 Å². The van der Waals surface area contributed by atoms with Crippen molar-refractivity contribution in [2.24, 2.45) is 0 Å². The summed E-state index contributed by atoms with van der Waals surface area (Å²) in [7, 11) is 3.23. The van der Waals surface area contributed by atoms with Gasteiger partial charge in [0.2, 0.25) is 0 Å². The summed E-state index contributed by atoms with van der Waals surface area (Å²) in [5.74, 6) is -0.810. The van der Waals surface area contributed by atoms with Crippen LogP contribution < -0.4 is 15.4 Å². The van der Waals surface area contributed by atoms with Crippen LogP contribution >= 0.6 is 0 Å². The molecule has 4 nitrogen and oxygen atoms in total. The van der Waals surface area contributed by atoms with Crippen molar-refractivity contribution in [3.05, 3.63) is 59.4 Å². The first-order valence-corrected chi connectivity index (χ1v) is 6.52. The number of anilines is 1. The Kier molecular flexibility index (Phi) is 4.90. The first kappa shape index (κ1) is 15.0. The van der Waals surface area contributed by atoms with Gasteiger partial charge in [-0.1, -0.05) is 12.1 Å². The van der Waals surface area contributed by atoms with E-state index in [1.165, 1.54) is 19.2 Å². The molecule has 0 fully saturated rings. The predicted octanol–water partition coefficient (Wildman–Crippen LogP) is 2.81. The highest BCUT2D eigenvalue weighted by Gasteiger charge is 2.10. The van der Waals surface area contributed by atoms with Gasteiger partial charge in [0.15, 0.2) is 11.6 Å². The van der Waals surface area contributed by atoms with E-state index in [0.717, 1.165) is 11.6 Å². The molecule has 0 unspecified atom stereocenters. The monoisotopic (exact) mass is 288 g/mol. The molecule has 0 spiro atoms. The molecule has 0 saturated carbocycles. The zero-order chi connectivity index (χ0) is 15.2. The van der Waals surface area contributed by atoms with Gasteiger partial charge in [-0.25, -0.2) is 4.39 Å². The Hall–Kier alpha value is -2.40. The summed E-state index contributed by atoms with van der Waals surface area (Å²) in [5, 5.41) is 5.79. The van der Waals surface area contributed by atoms with Crippen LogP contribution in [0.1, 0.15) is 15.9 Å². The van der Waals surface area contributed by atoms with E-state index in [-0.39, 0.29) is 17.2 Å². The van der Waals surface area contributed by atoms with E-state index in [0.29, 0.717) is 12.2 Å². The molecule has 21 heavy (non-hydrogen) atoms. The smallest absolute Gasteiger partial charge is 0.255 e. The van der Waals surface area contributed by atoms with E-state index in [9.17, 15) is 9.18 Å². The van der Waals surface area contributed by atoms with E-state index >= 15 is 0 Å². The van der Waals surface area contributed by atoms with Crippen molar-refractivity contribution in [1.29, 1.82) is 0 Å². The molecule has 1 amide bonds. The number of hydrogen-bond acceptors (Lipinski definition) is 3. The highest BCUT2D eigenvalue weighted by molar-refractivity contribution is 6.04. The van der Waals surface area contributed by atoms with Gasteiger partial charge in [0.25, 0.3) is 5.91 Å². The van der Waals surface area contributed by atoms with Crippen molar-refractivity contribution in [2.75, 3.05) is 19.5 Å². The van der Waals surface area contributed by atoms with Crippen LogP contribution in [0.3, 0.4) is 0 Å². The number of carbonyl (C=O) groups excluding carboxylic acids is 1. The van der Waals surface area contributed by atoms with E-state index in [4.69, 9.17) is 4.74 Å². The third kappa shape index (κ3) is 3.79. The maximum atomic E-state index is 13.6.